The molecule has 4 rings (SSSR count). The number of ether oxygens (including phenoxy) is 1. The Hall–Kier alpha value is -3.65. The second kappa shape index (κ2) is 10.1. The van der Waals surface area contributed by atoms with Gasteiger partial charge < -0.3 is 15.0 Å². The third-order valence-corrected chi connectivity index (χ3v) is 5.66. The van der Waals surface area contributed by atoms with E-state index in [0.717, 1.165) is 42.0 Å². The van der Waals surface area contributed by atoms with Crippen LogP contribution in [0.25, 0.3) is 22.6 Å². The fraction of sp³-hybridized carbons (Fsp3) is 0.208. The van der Waals surface area contributed by atoms with E-state index in [9.17, 15) is 4.79 Å². The fourth-order valence-corrected chi connectivity index (χ4v) is 3.76. The first kappa shape index (κ1) is 21.6. The van der Waals surface area contributed by atoms with Crippen LogP contribution in [-0.4, -0.2) is 34.5 Å². The number of rotatable bonds is 9. The molecule has 0 radical (unpaired) electrons. The normalized spacial score (nSPS) is 10.7. The molecule has 2 heterocycles. The smallest absolute Gasteiger partial charge is 0.278 e. The lowest BCUT2D eigenvalue weighted by molar-refractivity contribution is 0.102. The number of nitrogens with one attached hydrogen (secondary N) is 3. The van der Waals surface area contributed by atoms with E-state index in [2.05, 4.69) is 32.5 Å². The topological polar surface area (TPSA) is 91.9 Å². The van der Waals surface area contributed by atoms with Crippen molar-refractivity contribution >= 4 is 28.1 Å². The number of benzene rings is 2. The first-order chi connectivity index (χ1) is 15.7. The van der Waals surface area contributed by atoms with E-state index in [4.69, 9.17) is 4.74 Å². The van der Waals surface area contributed by atoms with Crippen molar-refractivity contribution in [2.24, 2.45) is 0 Å². The molecule has 0 spiro atoms. The van der Waals surface area contributed by atoms with Crippen molar-refractivity contribution < 1.29 is 9.53 Å². The van der Waals surface area contributed by atoms with Crippen molar-refractivity contribution in [2.75, 3.05) is 24.3 Å². The molecule has 8 heteroatoms. The van der Waals surface area contributed by atoms with Crippen LogP contribution in [0.2, 0.25) is 0 Å². The summed E-state index contributed by atoms with van der Waals surface area (Å²) in [4.78, 5) is 25.1. The zero-order chi connectivity index (χ0) is 22.3. The largest absolute Gasteiger partial charge is 0.497 e. The van der Waals surface area contributed by atoms with Gasteiger partial charge in [0.2, 0.25) is 0 Å². The van der Waals surface area contributed by atoms with Gasteiger partial charge in [0.1, 0.15) is 11.6 Å². The van der Waals surface area contributed by atoms with Crippen molar-refractivity contribution in [1.82, 2.24) is 15.0 Å². The van der Waals surface area contributed by atoms with Crippen molar-refractivity contribution in [3.8, 4) is 28.4 Å². The molecule has 0 saturated carbocycles. The van der Waals surface area contributed by atoms with Gasteiger partial charge in [-0.05, 0) is 55.0 Å². The minimum Gasteiger partial charge on any atom is -0.497 e. The van der Waals surface area contributed by atoms with Gasteiger partial charge in [-0.1, -0.05) is 13.3 Å². The Bertz CT molecular complexity index is 1150. The SMILES string of the molecule is CCCCNc1ccc(-c2nc(C(=O)Nc3nccs3)c(-c3ccc(OC)cc3)[nH]2)cc1. The van der Waals surface area contributed by atoms with Crippen LogP contribution in [0.4, 0.5) is 10.8 Å². The van der Waals surface area contributed by atoms with Gasteiger partial charge in [-0.15, -0.1) is 11.3 Å². The Balaban J connectivity index is 1.65. The number of hydrogen-bond donors (Lipinski definition) is 3. The second-order valence-corrected chi connectivity index (χ2v) is 8.08. The summed E-state index contributed by atoms with van der Waals surface area (Å²) >= 11 is 1.36. The standard InChI is InChI=1S/C24H25N5O2S/c1-3-4-13-25-18-9-5-17(6-10-18)22-27-20(16-7-11-19(31-2)12-8-16)21(28-22)23(30)29-24-26-14-15-32-24/h5-12,14-15,25H,3-4,13H2,1-2H3,(H,27,28)(H,26,29,30). The summed E-state index contributed by atoms with van der Waals surface area (Å²) in [6.07, 6.45) is 3.93. The van der Waals surface area contributed by atoms with E-state index in [-0.39, 0.29) is 5.91 Å². The summed E-state index contributed by atoms with van der Waals surface area (Å²) < 4.78 is 5.26. The van der Waals surface area contributed by atoms with Crippen molar-refractivity contribution in [3.63, 3.8) is 0 Å². The van der Waals surface area contributed by atoms with E-state index in [0.29, 0.717) is 22.3 Å². The van der Waals surface area contributed by atoms with Crippen LogP contribution in [0.15, 0.2) is 60.1 Å². The molecule has 164 valence electrons. The molecular weight excluding hydrogens is 422 g/mol. The number of nitrogens with zero attached hydrogens (tertiary/aromatic N) is 2. The number of carbonyl (C=O) groups is 1. The highest BCUT2D eigenvalue weighted by Crippen LogP contribution is 2.29. The molecule has 4 aromatic rings. The van der Waals surface area contributed by atoms with Gasteiger partial charge in [0.05, 0.1) is 12.8 Å². The molecule has 0 atom stereocenters. The molecule has 1 amide bonds. The number of anilines is 2. The minimum atomic E-state index is -0.314. The van der Waals surface area contributed by atoms with Gasteiger partial charge in [0.15, 0.2) is 10.8 Å². The predicted octanol–water partition coefficient (Wildman–Crippen LogP) is 5.67. The minimum absolute atomic E-state index is 0.311. The van der Waals surface area contributed by atoms with E-state index in [1.54, 1.807) is 13.3 Å². The second-order valence-electron chi connectivity index (χ2n) is 7.19. The van der Waals surface area contributed by atoms with E-state index in [1.165, 1.54) is 11.3 Å². The molecule has 0 fully saturated rings. The average molecular weight is 448 g/mol. The molecule has 7 nitrogen and oxygen atoms in total. The number of unbranched alkanes of at least 4 members (excludes halogenated alkanes) is 1. The van der Waals surface area contributed by atoms with E-state index in [1.807, 2.05) is 53.9 Å². The third-order valence-electron chi connectivity index (χ3n) is 4.97. The van der Waals surface area contributed by atoms with Crippen molar-refractivity contribution in [3.05, 3.63) is 65.8 Å². The number of aromatic nitrogens is 3. The third kappa shape index (κ3) is 4.97. The fourth-order valence-electron chi connectivity index (χ4n) is 3.24. The van der Waals surface area contributed by atoms with Crippen molar-refractivity contribution in [2.45, 2.75) is 19.8 Å². The van der Waals surface area contributed by atoms with E-state index >= 15 is 0 Å². The van der Waals surface area contributed by atoms with Crippen LogP contribution in [0, 0.1) is 0 Å². The molecule has 0 aliphatic carbocycles. The molecule has 3 N–H and O–H groups in total. The summed E-state index contributed by atoms with van der Waals surface area (Å²) in [5.74, 6) is 1.06. The summed E-state index contributed by atoms with van der Waals surface area (Å²) in [5.41, 5.74) is 3.75. The summed E-state index contributed by atoms with van der Waals surface area (Å²) in [6, 6.07) is 15.5. The molecule has 0 aliphatic heterocycles. The lowest BCUT2D eigenvalue weighted by Gasteiger charge is -2.06. The molecule has 0 aliphatic rings. The van der Waals surface area contributed by atoms with Crippen LogP contribution >= 0.6 is 11.3 Å². The van der Waals surface area contributed by atoms with Gasteiger partial charge in [-0.3, -0.25) is 10.1 Å². The lowest BCUT2D eigenvalue weighted by Crippen LogP contribution is -2.13. The lowest BCUT2D eigenvalue weighted by atomic mass is 10.1. The monoisotopic (exact) mass is 447 g/mol. The molecule has 32 heavy (non-hydrogen) atoms. The van der Waals surface area contributed by atoms with Crippen LogP contribution in [0.1, 0.15) is 30.3 Å². The molecule has 2 aromatic heterocycles. The molecule has 2 aromatic carbocycles. The average Bonchev–Trinajstić information content (AvgIpc) is 3.50. The Morgan fingerprint density at radius 2 is 1.84 bits per heavy atom. The zero-order valence-corrected chi connectivity index (χ0v) is 18.8. The Labute approximate surface area is 190 Å². The number of H-pyrrole nitrogens is 1. The maximum absolute atomic E-state index is 13.0. The highest BCUT2D eigenvalue weighted by Gasteiger charge is 2.20. The number of methoxy groups -OCH3 is 1. The van der Waals surface area contributed by atoms with Crippen LogP contribution < -0.4 is 15.4 Å². The first-order valence-electron chi connectivity index (χ1n) is 10.5. The first-order valence-corrected chi connectivity index (χ1v) is 11.4. The number of carbonyl (C=O) groups excluding carboxylic acids is 1. The highest BCUT2D eigenvalue weighted by molar-refractivity contribution is 7.13. The van der Waals surface area contributed by atoms with Crippen LogP contribution in [-0.2, 0) is 0 Å². The van der Waals surface area contributed by atoms with Gasteiger partial charge in [-0.25, -0.2) is 9.97 Å². The maximum atomic E-state index is 13.0. The predicted molar refractivity (Wildman–Crippen MR) is 129 cm³/mol. The maximum Gasteiger partial charge on any atom is 0.278 e. The highest BCUT2D eigenvalue weighted by atomic mass is 32.1. The zero-order valence-electron chi connectivity index (χ0n) is 18.0. The number of hydrogen-bond acceptors (Lipinski definition) is 6. The van der Waals surface area contributed by atoms with Crippen LogP contribution in [0.5, 0.6) is 5.75 Å². The quantitative estimate of drug-likeness (QED) is 0.287. The van der Waals surface area contributed by atoms with E-state index < -0.39 is 0 Å². The molecular formula is C24H25N5O2S. The Kier molecular flexibility index (Phi) is 6.81. The molecule has 0 saturated heterocycles. The summed E-state index contributed by atoms with van der Waals surface area (Å²) in [5, 5.41) is 8.57. The molecule has 0 unspecified atom stereocenters. The Morgan fingerprint density at radius 1 is 1.09 bits per heavy atom. The Morgan fingerprint density at radius 3 is 2.50 bits per heavy atom. The van der Waals surface area contributed by atoms with Gasteiger partial charge in [0, 0.05) is 34.9 Å². The van der Waals surface area contributed by atoms with Gasteiger partial charge in [0.25, 0.3) is 5.91 Å². The number of thiazole rings is 1. The van der Waals surface area contributed by atoms with Crippen molar-refractivity contribution in [1.29, 1.82) is 0 Å². The number of amides is 1. The van der Waals surface area contributed by atoms with Gasteiger partial charge in [-0.2, -0.15) is 0 Å². The van der Waals surface area contributed by atoms with Crippen LogP contribution in [0.3, 0.4) is 0 Å². The molecule has 0 bridgehead atoms. The summed E-state index contributed by atoms with van der Waals surface area (Å²) in [6.45, 7) is 3.11. The number of imidazole rings is 1. The van der Waals surface area contributed by atoms with Gasteiger partial charge >= 0.3 is 0 Å². The number of aromatic amines is 1. The summed E-state index contributed by atoms with van der Waals surface area (Å²) in [7, 11) is 1.62.